The first-order valence-corrected chi connectivity index (χ1v) is 21.9. The predicted octanol–water partition coefficient (Wildman–Crippen LogP) is 11.4. The van der Waals surface area contributed by atoms with Crippen molar-refractivity contribution in [1.82, 2.24) is 0 Å². The average Bonchev–Trinajstić information content (AvgIpc) is 3.17. The fourth-order valence-corrected chi connectivity index (χ4v) is 9.20. The van der Waals surface area contributed by atoms with Gasteiger partial charge in [-0.15, -0.1) is 0 Å². The van der Waals surface area contributed by atoms with Crippen LogP contribution in [0.1, 0.15) is 182 Å². The third-order valence-corrected chi connectivity index (χ3v) is 12.4. The van der Waals surface area contributed by atoms with Crippen LogP contribution >= 0.6 is 0 Å². The molecule has 1 aliphatic carbocycles. The SMILES string of the molecule is CCOC(=O)COc1c2cc(C(C)C)c(C)c1Cc1cc(C(C)C)c(C)c(c1O)Cc1cc(C(C)C)c(C)c(c1OCC(=O)OCC)Cc1cc(C(C)C)c(C)c(c1O)C2. The molecule has 0 radical (unpaired) electrons. The standard InChI is InChI=1S/C52H68O8/c1-15-57-47(53)25-59-51-37-21-41(29(7)8)33(13)45(51)19-35-17-39(27(3)4)32(12)44(49(35)55)24-38-22-42(30(9)10)34(14)46(52(38)60-26-48(54)58-16-2)20-36-18-40(28(5)6)31(11)43(23-37)50(36)56/h17-18,21-22,27-30,55-56H,15-16,19-20,23-26H2,1-14H3. The molecule has 1 aliphatic rings. The lowest BCUT2D eigenvalue weighted by Gasteiger charge is -2.27. The van der Waals surface area contributed by atoms with Crippen molar-refractivity contribution < 1.29 is 38.7 Å². The molecule has 60 heavy (non-hydrogen) atoms. The zero-order valence-electron chi connectivity index (χ0n) is 38.6. The number of ether oxygens (including phenoxy) is 4. The van der Waals surface area contributed by atoms with Gasteiger partial charge in [-0.05, 0) is 132 Å². The number of carbonyl (C=O) groups is 2. The maximum atomic E-state index is 12.9. The summed E-state index contributed by atoms with van der Waals surface area (Å²) in [5, 5.41) is 25.1. The van der Waals surface area contributed by atoms with E-state index < -0.39 is 11.9 Å². The Balaban J connectivity index is 1.97. The Hall–Kier alpha value is -4.98. The van der Waals surface area contributed by atoms with Crippen LogP contribution in [0.4, 0.5) is 0 Å². The Labute approximate surface area is 358 Å². The number of esters is 2. The van der Waals surface area contributed by atoms with Crippen molar-refractivity contribution in [2.24, 2.45) is 0 Å². The van der Waals surface area contributed by atoms with Gasteiger partial charge in [0.2, 0.25) is 0 Å². The first kappa shape index (κ1) is 46.1. The lowest BCUT2D eigenvalue weighted by atomic mass is 9.80. The molecule has 0 atom stereocenters. The number of rotatable bonds is 12. The van der Waals surface area contributed by atoms with E-state index in [1.54, 1.807) is 13.8 Å². The topological polar surface area (TPSA) is 112 Å². The fraction of sp³-hybridized carbons (Fsp3) is 0.500. The highest BCUT2D eigenvalue weighted by Crippen LogP contribution is 2.45. The van der Waals surface area contributed by atoms with Gasteiger partial charge in [-0.2, -0.15) is 0 Å². The summed E-state index contributed by atoms with van der Waals surface area (Å²) < 4.78 is 23.8. The van der Waals surface area contributed by atoms with Crippen LogP contribution in [-0.2, 0) is 44.7 Å². The molecule has 4 aromatic rings. The summed E-state index contributed by atoms with van der Waals surface area (Å²) in [6.45, 7) is 29.1. The van der Waals surface area contributed by atoms with Gasteiger partial charge in [0.25, 0.3) is 0 Å². The Kier molecular flexibility index (Phi) is 14.7. The smallest absolute Gasteiger partial charge is 0.344 e. The number of benzene rings is 4. The second kappa shape index (κ2) is 19.2. The highest BCUT2D eigenvalue weighted by Gasteiger charge is 2.29. The summed E-state index contributed by atoms with van der Waals surface area (Å²) in [6.07, 6.45) is 1.34. The molecule has 0 unspecified atom stereocenters. The van der Waals surface area contributed by atoms with Gasteiger partial charge in [-0.1, -0.05) is 79.7 Å². The van der Waals surface area contributed by atoms with Gasteiger partial charge in [0.1, 0.15) is 23.0 Å². The molecule has 324 valence electrons. The molecular formula is C52H68O8. The highest BCUT2D eigenvalue weighted by molar-refractivity contribution is 5.72. The van der Waals surface area contributed by atoms with Gasteiger partial charge in [0, 0.05) is 47.9 Å². The average molecular weight is 821 g/mol. The maximum Gasteiger partial charge on any atom is 0.344 e. The lowest BCUT2D eigenvalue weighted by molar-refractivity contribution is -0.146. The van der Waals surface area contributed by atoms with E-state index in [9.17, 15) is 19.8 Å². The number of phenolic OH excluding ortho intramolecular Hbond substituents is 2. The number of fused-ring (bicyclic) bond motifs is 8. The summed E-state index contributed by atoms with van der Waals surface area (Å²) in [5.74, 6) is 1.21. The van der Waals surface area contributed by atoms with Gasteiger partial charge in [0.15, 0.2) is 13.2 Å². The molecule has 2 N–H and O–H groups in total. The molecule has 0 heterocycles. The number of hydrogen-bond acceptors (Lipinski definition) is 8. The van der Waals surface area contributed by atoms with Crippen molar-refractivity contribution in [3.8, 4) is 23.0 Å². The lowest BCUT2D eigenvalue weighted by Crippen LogP contribution is -2.18. The predicted molar refractivity (Wildman–Crippen MR) is 240 cm³/mol. The van der Waals surface area contributed by atoms with E-state index in [4.69, 9.17) is 18.9 Å². The van der Waals surface area contributed by atoms with Crippen LogP contribution in [0.15, 0.2) is 24.3 Å². The first-order chi connectivity index (χ1) is 28.3. The van der Waals surface area contributed by atoms with Gasteiger partial charge < -0.3 is 29.2 Å². The summed E-state index contributed by atoms with van der Waals surface area (Å²) in [4.78, 5) is 25.8. The number of aromatic hydroxyl groups is 2. The monoisotopic (exact) mass is 820 g/mol. The van der Waals surface area contributed by atoms with Gasteiger partial charge >= 0.3 is 11.9 Å². The van der Waals surface area contributed by atoms with Crippen molar-refractivity contribution in [2.45, 2.75) is 146 Å². The van der Waals surface area contributed by atoms with Crippen molar-refractivity contribution in [1.29, 1.82) is 0 Å². The molecule has 8 bridgehead atoms. The van der Waals surface area contributed by atoms with Crippen molar-refractivity contribution >= 4 is 11.9 Å². The van der Waals surface area contributed by atoms with Gasteiger partial charge in [-0.3, -0.25) is 0 Å². The van der Waals surface area contributed by atoms with E-state index in [1.165, 1.54) is 0 Å². The first-order valence-electron chi connectivity index (χ1n) is 21.9. The second-order valence-electron chi connectivity index (χ2n) is 17.8. The third-order valence-electron chi connectivity index (χ3n) is 12.4. The van der Waals surface area contributed by atoms with Crippen LogP contribution in [0.5, 0.6) is 23.0 Å². The van der Waals surface area contributed by atoms with E-state index in [1.807, 2.05) is 0 Å². The molecule has 0 spiro atoms. The molecule has 0 aliphatic heterocycles. The molecule has 8 nitrogen and oxygen atoms in total. The molecular weight excluding hydrogens is 753 g/mol. The molecule has 5 rings (SSSR count). The van der Waals surface area contributed by atoms with Crippen LogP contribution in [-0.4, -0.2) is 48.6 Å². The van der Waals surface area contributed by atoms with Crippen molar-refractivity contribution in [3.63, 3.8) is 0 Å². The van der Waals surface area contributed by atoms with Crippen molar-refractivity contribution in [3.05, 3.63) is 113 Å². The van der Waals surface area contributed by atoms with Crippen LogP contribution < -0.4 is 9.47 Å². The molecule has 0 aromatic heterocycles. The largest absolute Gasteiger partial charge is 0.507 e. The van der Waals surface area contributed by atoms with E-state index in [-0.39, 0.29) is 61.6 Å². The van der Waals surface area contributed by atoms with Crippen LogP contribution in [0.3, 0.4) is 0 Å². The third kappa shape index (κ3) is 9.48. The fourth-order valence-electron chi connectivity index (χ4n) is 9.20. The quantitative estimate of drug-likeness (QED) is 0.120. The number of hydrogen-bond donors (Lipinski definition) is 2. The second-order valence-corrected chi connectivity index (χ2v) is 17.8. The van der Waals surface area contributed by atoms with Crippen LogP contribution in [0.25, 0.3) is 0 Å². The molecule has 0 saturated carbocycles. The Morgan fingerprint density at radius 1 is 0.483 bits per heavy atom. The summed E-state index contributed by atoms with van der Waals surface area (Å²) >= 11 is 0. The minimum atomic E-state index is -0.467. The molecule has 8 heteroatoms. The van der Waals surface area contributed by atoms with Crippen molar-refractivity contribution in [2.75, 3.05) is 26.4 Å². The van der Waals surface area contributed by atoms with Gasteiger partial charge in [-0.25, -0.2) is 9.59 Å². The van der Waals surface area contributed by atoms with Gasteiger partial charge in [0.05, 0.1) is 13.2 Å². The highest BCUT2D eigenvalue weighted by atomic mass is 16.6. The maximum absolute atomic E-state index is 12.9. The van der Waals surface area contributed by atoms with E-state index in [0.717, 1.165) is 89.0 Å². The van der Waals surface area contributed by atoms with Crippen LogP contribution in [0.2, 0.25) is 0 Å². The summed E-state index contributed by atoms with van der Waals surface area (Å²) in [5.41, 5.74) is 15.0. The minimum absolute atomic E-state index is 0.150. The van der Waals surface area contributed by atoms with Crippen LogP contribution in [0, 0.1) is 27.7 Å². The summed E-state index contributed by atoms with van der Waals surface area (Å²) in [7, 11) is 0. The molecule has 0 amide bonds. The summed E-state index contributed by atoms with van der Waals surface area (Å²) in [6, 6.07) is 8.56. The zero-order chi connectivity index (χ0) is 44.3. The Morgan fingerprint density at radius 3 is 1.03 bits per heavy atom. The molecule has 0 fully saturated rings. The zero-order valence-corrected chi connectivity index (χ0v) is 38.6. The normalized spacial score (nSPS) is 12.7. The molecule has 4 aromatic carbocycles. The number of phenols is 2. The minimum Gasteiger partial charge on any atom is -0.507 e. The van der Waals surface area contributed by atoms with E-state index in [0.29, 0.717) is 37.2 Å². The Morgan fingerprint density at radius 2 is 0.750 bits per heavy atom. The number of carbonyl (C=O) groups excluding carboxylic acids is 2. The molecule has 0 saturated heterocycles. The Bertz CT molecular complexity index is 2100. The van der Waals surface area contributed by atoms with E-state index in [2.05, 4.69) is 107 Å². The van der Waals surface area contributed by atoms with E-state index >= 15 is 0 Å².